The highest BCUT2D eigenvalue weighted by Gasteiger charge is 2.23. The van der Waals surface area contributed by atoms with E-state index in [1.54, 1.807) is 18.3 Å². The summed E-state index contributed by atoms with van der Waals surface area (Å²) < 4.78 is 5.77. The van der Waals surface area contributed by atoms with Gasteiger partial charge in [-0.3, -0.25) is 15.1 Å². The number of rotatable bonds is 8. The Morgan fingerprint density at radius 1 is 1.34 bits per heavy atom. The van der Waals surface area contributed by atoms with Gasteiger partial charge in [0, 0.05) is 43.6 Å². The van der Waals surface area contributed by atoms with Crippen molar-refractivity contribution in [2.24, 2.45) is 4.99 Å². The van der Waals surface area contributed by atoms with Crippen molar-refractivity contribution in [1.29, 1.82) is 0 Å². The molecule has 0 aliphatic carbocycles. The van der Waals surface area contributed by atoms with Crippen LogP contribution in [0.1, 0.15) is 31.0 Å². The molecule has 2 atom stereocenters. The molecular formula is C21H27N5O3. The number of hydrogen-bond donors (Lipinski definition) is 2. The van der Waals surface area contributed by atoms with Gasteiger partial charge in [-0.1, -0.05) is 18.2 Å². The minimum absolute atomic E-state index is 0.0802. The Morgan fingerprint density at radius 3 is 2.83 bits per heavy atom. The second kappa shape index (κ2) is 10.5. The summed E-state index contributed by atoms with van der Waals surface area (Å²) >= 11 is 0. The molecule has 0 bridgehead atoms. The first-order chi connectivity index (χ1) is 14.1. The average molecular weight is 397 g/mol. The maximum atomic E-state index is 10.8. The molecule has 1 aromatic carbocycles. The van der Waals surface area contributed by atoms with E-state index in [2.05, 4.69) is 27.5 Å². The van der Waals surface area contributed by atoms with Gasteiger partial charge in [0.25, 0.3) is 5.69 Å². The van der Waals surface area contributed by atoms with E-state index < -0.39 is 4.92 Å². The van der Waals surface area contributed by atoms with Crippen LogP contribution in [0.4, 0.5) is 5.69 Å². The van der Waals surface area contributed by atoms with Gasteiger partial charge in [-0.05, 0) is 37.5 Å². The lowest BCUT2D eigenvalue weighted by atomic mass is 10.1. The van der Waals surface area contributed by atoms with E-state index in [4.69, 9.17) is 4.74 Å². The molecule has 1 fully saturated rings. The summed E-state index contributed by atoms with van der Waals surface area (Å²) in [7, 11) is 0. The van der Waals surface area contributed by atoms with Crippen LogP contribution in [0.2, 0.25) is 0 Å². The Hall–Kier alpha value is -3.00. The van der Waals surface area contributed by atoms with E-state index in [1.807, 2.05) is 18.2 Å². The Labute approximate surface area is 170 Å². The zero-order valence-electron chi connectivity index (χ0n) is 16.6. The van der Waals surface area contributed by atoms with Gasteiger partial charge in [-0.25, -0.2) is 4.99 Å². The van der Waals surface area contributed by atoms with Crippen LogP contribution in [-0.2, 0) is 17.7 Å². The predicted molar refractivity (Wildman–Crippen MR) is 112 cm³/mol. The number of aliphatic imine (C=N–C) groups is 1. The maximum Gasteiger partial charge on any atom is 0.269 e. The van der Waals surface area contributed by atoms with Crippen molar-refractivity contribution in [3.05, 3.63) is 70.0 Å². The van der Waals surface area contributed by atoms with E-state index in [0.29, 0.717) is 19.0 Å². The molecular weight excluding hydrogens is 370 g/mol. The number of nitrogens with one attached hydrogen (secondary N) is 2. The second-order valence-electron chi connectivity index (χ2n) is 7.07. The van der Waals surface area contributed by atoms with Crippen LogP contribution < -0.4 is 10.6 Å². The molecule has 2 unspecified atom stereocenters. The largest absolute Gasteiger partial charge is 0.376 e. The summed E-state index contributed by atoms with van der Waals surface area (Å²) in [6.45, 7) is 4.02. The molecule has 1 aliphatic heterocycles. The number of non-ortho nitro benzene ring substituents is 1. The zero-order valence-corrected chi connectivity index (χ0v) is 16.6. The molecule has 2 N–H and O–H groups in total. The van der Waals surface area contributed by atoms with Crippen LogP contribution in [0.5, 0.6) is 0 Å². The third kappa shape index (κ3) is 6.53. The van der Waals surface area contributed by atoms with Crippen LogP contribution in [-0.4, -0.2) is 41.2 Å². The van der Waals surface area contributed by atoms with Crippen LogP contribution >= 0.6 is 0 Å². The predicted octanol–water partition coefficient (Wildman–Crippen LogP) is 2.84. The molecule has 0 radical (unpaired) electrons. The highest BCUT2D eigenvalue weighted by Crippen LogP contribution is 2.15. The van der Waals surface area contributed by atoms with Crippen LogP contribution in [0.3, 0.4) is 0 Å². The number of nitrogens with zero attached hydrogens (tertiary/aromatic N) is 3. The highest BCUT2D eigenvalue weighted by molar-refractivity contribution is 5.80. The Morgan fingerprint density at radius 2 is 2.17 bits per heavy atom. The summed E-state index contributed by atoms with van der Waals surface area (Å²) in [5.74, 6) is 0.697. The first-order valence-corrected chi connectivity index (χ1v) is 9.91. The Kier molecular flexibility index (Phi) is 7.52. The first-order valence-electron chi connectivity index (χ1n) is 9.91. The fraction of sp³-hybridized carbons (Fsp3) is 0.429. The van der Waals surface area contributed by atoms with Crippen molar-refractivity contribution in [1.82, 2.24) is 15.6 Å². The van der Waals surface area contributed by atoms with Crippen LogP contribution in [0.25, 0.3) is 0 Å². The maximum absolute atomic E-state index is 10.8. The van der Waals surface area contributed by atoms with Gasteiger partial charge in [-0.15, -0.1) is 0 Å². The quantitative estimate of drug-likeness (QED) is 0.307. The lowest BCUT2D eigenvalue weighted by molar-refractivity contribution is -0.384. The SMILES string of the molecule is CC(NC(=NCc1ccc([N+](=O)[O-])cc1)NCCc1ccccn1)C1CCCO1. The number of benzene rings is 1. The molecule has 2 aromatic rings. The molecule has 29 heavy (non-hydrogen) atoms. The second-order valence-corrected chi connectivity index (χ2v) is 7.07. The molecule has 8 heteroatoms. The molecule has 1 aromatic heterocycles. The first kappa shape index (κ1) is 20.7. The normalized spacial score (nSPS) is 17.7. The van der Waals surface area contributed by atoms with Gasteiger partial charge in [0.05, 0.1) is 23.6 Å². The number of nitro benzene ring substituents is 1. The van der Waals surface area contributed by atoms with E-state index in [0.717, 1.165) is 37.1 Å². The van der Waals surface area contributed by atoms with Crippen molar-refractivity contribution >= 4 is 11.6 Å². The number of guanidine groups is 1. The topological polar surface area (TPSA) is 102 Å². The van der Waals surface area contributed by atoms with Crippen molar-refractivity contribution in [3.8, 4) is 0 Å². The van der Waals surface area contributed by atoms with Crippen molar-refractivity contribution < 1.29 is 9.66 Å². The molecule has 0 amide bonds. The number of pyridine rings is 1. The fourth-order valence-corrected chi connectivity index (χ4v) is 3.21. The van der Waals surface area contributed by atoms with Gasteiger partial charge in [0.1, 0.15) is 0 Å². The fourth-order valence-electron chi connectivity index (χ4n) is 3.21. The van der Waals surface area contributed by atoms with E-state index >= 15 is 0 Å². The molecule has 0 spiro atoms. The summed E-state index contributed by atoms with van der Waals surface area (Å²) in [5, 5.41) is 17.6. The van der Waals surface area contributed by atoms with Crippen LogP contribution in [0.15, 0.2) is 53.7 Å². The van der Waals surface area contributed by atoms with Crippen LogP contribution in [0, 0.1) is 10.1 Å². The molecule has 2 heterocycles. The summed E-state index contributed by atoms with van der Waals surface area (Å²) in [5.41, 5.74) is 2.00. The number of hydrogen-bond acceptors (Lipinski definition) is 5. The van der Waals surface area contributed by atoms with E-state index in [1.165, 1.54) is 12.1 Å². The van der Waals surface area contributed by atoms with E-state index in [9.17, 15) is 10.1 Å². The van der Waals surface area contributed by atoms with E-state index in [-0.39, 0.29) is 17.8 Å². The lowest BCUT2D eigenvalue weighted by Crippen LogP contribution is -2.47. The molecule has 1 saturated heterocycles. The standard InChI is InChI=1S/C21H27N5O3/c1-16(20-6-4-14-29-20)25-21(23-13-11-18-5-2-3-12-22-18)24-15-17-7-9-19(10-8-17)26(27)28/h2-3,5,7-10,12,16,20H,4,6,11,13-15H2,1H3,(H2,23,24,25). The number of ether oxygens (including phenoxy) is 1. The Bertz CT molecular complexity index is 805. The van der Waals surface area contributed by atoms with Gasteiger partial charge in [-0.2, -0.15) is 0 Å². The summed E-state index contributed by atoms with van der Waals surface area (Å²) in [4.78, 5) is 19.4. The lowest BCUT2D eigenvalue weighted by Gasteiger charge is -2.23. The van der Waals surface area contributed by atoms with Gasteiger partial charge >= 0.3 is 0 Å². The third-order valence-electron chi connectivity index (χ3n) is 4.85. The van der Waals surface area contributed by atoms with Crippen molar-refractivity contribution in [2.75, 3.05) is 13.2 Å². The van der Waals surface area contributed by atoms with Gasteiger partial charge in [0.15, 0.2) is 5.96 Å². The smallest absolute Gasteiger partial charge is 0.269 e. The van der Waals surface area contributed by atoms with Crippen molar-refractivity contribution in [3.63, 3.8) is 0 Å². The summed E-state index contributed by atoms with van der Waals surface area (Å²) in [6, 6.07) is 12.5. The van der Waals surface area contributed by atoms with Crippen molar-refractivity contribution in [2.45, 2.75) is 44.9 Å². The number of aromatic nitrogens is 1. The minimum atomic E-state index is -0.400. The molecule has 154 valence electrons. The molecule has 0 saturated carbocycles. The van der Waals surface area contributed by atoms with Gasteiger partial charge in [0.2, 0.25) is 0 Å². The molecule has 3 rings (SSSR count). The van der Waals surface area contributed by atoms with Gasteiger partial charge < -0.3 is 15.4 Å². The monoisotopic (exact) mass is 397 g/mol. The number of nitro groups is 1. The zero-order chi connectivity index (χ0) is 20.5. The highest BCUT2D eigenvalue weighted by atomic mass is 16.6. The molecule has 8 nitrogen and oxygen atoms in total. The average Bonchev–Trinajstić information content (AvgIpc) is 3.28. The third-order valence-corrected chi connectivity index (χ3v) is 4.85. The molecule has 1 aliphatic rings. The Balaban J connectivity index is 1.61. The summed E-state index contributed by atoms with van der Waals surface area (Å²) in [6.07, 6.45) is 4.87. The minimum Gasteiger partial charge on any atom is -0.376 e.